The van der Waals surface area contributed by atoms with Gasteiger partial charge in [-0.3, -0.25) is 4.90 Å². The zero-order valence-electron chi connectivity index (χ0n) is 11.8. The Hall–Kier alpha value is -1.28. The summed E-state index contributed by atoms with van der Waals surface area (Å²) in [5, 5.41) is 0. The molecule has 3 rings (SSSR count). The van der Waals surface area contributed by atoms with Crippen LogP contribution in [0.25, 0.3) is 0 Å². The van der Waals surface area contributed by atoms with Gasteiger partial charge in [-0.25, -0.2) is 15.8 Å². The normalized spacial score (nSPS) is 23.4. The van der Waals surface area contributed by atoms with Gasteiger partial charge in [0.1, 0.15) is 11.9 Å². The molecule has 7 heteroatoms. The second kappa shape index (κ2) is 6.01. The van der Waals surface area contributed by atoms with Crippen LogP contribution in [-0.2, 0) is 22.5 Å². The van der Waals surface area contributed by atoms with Crippen molar-refractivity contribution in [3.63, 3.8) is 0 Å². The smallest absolute Gasteiger partial charge is 0.161 e. The van der Waals surface area contributed by atoms with Crippen molar-refractivity contribution in [1.29, 1.82) is 0 Å². The summed E-state index contributed by atoms with van der Waals surface area (Å²) in [5.41, 5.74) is 4.64. The summed E-state index contributed by atoms with van der Waals surface area (Å²) in [4.78, 5) is 11.5. The van der Waals surface area contributed by atoms with Crippen LogP contribution in [0, 0.1) is 0 Å². The number of nitrogen functional groups attached to an aromatic ring is 1. The van der Waals surface area contributed by atoms with E-state index in [2.05, 4.69) is 27.2 Å². The third-order valence-corrected chi connectivity index (χ3v) is 3.86. The lowest BCUT2D eigenvalue weighted by Gasteiger charge is -2.31. The number of likely N-dealkylation sites (N-methyl/N-ethyl adjacent to an activating group) is 1. The van der Waals surface area contributed by atoms with Crippen LogP contribution in [-0.4, -0.2) is 47.7 Å². The zero-order valence-corrected chi connectivity index (χ0v) is 11.8. The van der Waals surface area contributed by atoms with Gasteiger partial charge < -0.3 is 14.9 Å². The molecule has 7 nitrogen and oxygen atoms in total. The Labute approximate surface area is 118 Å². The van der Waals surface area contributed by atoms with Crippen molar-refractivity contribution in [2.75, 3.05) is 38.3 Å². The highest BCUT2D eigenvalue weighted by Crippen LogP contribution is 2.26. The molecule has 1 unspecified atom stereocenters. The van der Waals surface area contributed by atoms with E-state index >= 15 is 0 Å². The van der Waals surface area contributed by atoms with Crippen molar-refractivity contribution in [1.82, 2.24) is 14.9 Å². The number of fused-ring (bicyclic) bond motifs is 1. The fourth-order valence-electron chi connectivity index (χ4n) is 2.66. The van der Waals surface area contributed by atoms with Gasteiger partial charge in [-0.1, -0.05) is 6.92 Å². The maximum atomic E-state index is 5.82. The highest BCUT2D eigenvalue weighted by Gasteiger charge is 2.26. The van der Waals surface area contributed by atoms with Gasteiger partial charge in [0.05, 0.1) is 25.5 Å². The van der Waals surface area contributed by atoms with Crippen molar-refractivity contribution in [3.05, 3.63) is 17.1 Å². The van der Waals surface area contributed by atoms with Crippen LogP contribution in [0.3, 0.4) is 0 Å². The van der Waals surface area contributed by atoms with Crippen LogP contribution in [0.2, 0.25) is 0 Å². The van der Waals surface area contributed by atoms with Gasteiger partial charge in [0.25, 0.3) is 0 Å². The van der Waals surface area contributed by atoms with Crippen LogP contribution < -0.4 is 11.3 Å². The minimum atomic E-state index is -0.0797. The first-order chi connectivity index (χ1) is 9.81. The molecule has 1 saturated heterocycles. The molecule has 3 N–H and O–H groups in total. The third kappa shape index (κ3) is 2.62. The summed E-state index contributed by atoms with van der Waals surface area (Å²) in [5.74, 6) is 6.95. The second-order valence-corrected chi connectivity index (χ2v) is 5.06. The molecule has 0 amide bonds. The number of ether oxygens (including phenoxy) is 2. The first-order valence-corrected chi connectivity index (χ1v) is 7.09. The van der Waals surface area contributed by atoms with Crippen LogP contribution in [0.5, 0.6) is 0 Å². The molecule has 0 saturated carbocycles. The number of morpholine rings is 1. The van der Waals surface area contributed by atoms with E-state index in [1.54, 1.807) is 0 Å². The fourth-order valence-corrected chi connectivity index (χ4v) is 2.66. The Bertz CT molecular complexity index is 465. The Morgan fingerprint density at radius 1 is 1.40 bits per heavy atom. The Balaban J connectivity index is 1.89. The number of hydrogen-bond donors (Lipinski definition) is 2. The van der Waals surface area contributed by atoms with Crippen LogP contribution in [0.15, 0.2) is 0 Å². The molecule has 3 heterocycles. The topological polar surface area (TPSA) is 85.5 Å². The number of hydrogen-bond acceptors (Lipinski definition) is 7. The number of nitrogens with two attached hydrogens (primary N) is 1. The van der Waals surface area contributed by atoms with Gasteiger partial charge in [-0.15, -0.1) is 0 Å². The Morgan fingerprint density at radius 2 is 2.30 bits per heavy atom. The molecule has 0 spiro atoms. The van der Waals surface area contributed by atoms with Crippen molar-refractivity contribution >= 4 is 5.82 Å². The Morgan fingerprint density at radius 3 is 3.10 bits per heavy atom. The zero-order chi connectivity index (χ0) is 13.9. The second-order valence-electron chi connectivity index (χ2n) is 5.06. The maximum Gasteiger partial charge on any atom is 0.161 e. The lowest BCUT2D eigenvalue weighted by molar-refractivity contribution is -0.0327. The molecule has 110 valence electrons. The van der Waals surface area contributed by atoms with Gasteiger partial charge >= 0.3 is 0 Å². The monoisotopic (exact) mass is 279 g/mol. The standard InChI is InChI=1S/C13H21N5O2/c1-2-18-4-6-20-11(7-18)13-15-10-3-5-19-8-9(10)12(16-13)17-14/h11H,2-8,14H2,1H3,(H,15,16,17). The molecule has 1 aromatic heterocycles. The molecule has 1 fully saturated rings. The fraction of sp³-hybridized carbons (Fsp3) is 0.692. The number of nitrogens with zero attached hydrogens (tertiary/aromatic N) is 3. The first kappa shape index (κ1) is 13.7. The van der Waals surface area contributed by atoms with Crippen LogP contribution in [0.4, 0.5) is 5.82 Å². The number of anilines is 1. The minimum absolute atomic E-state index is 0.0797. The number of nitrogens with one attached hydrogen (secondary N) is 1. The lowest BCUT2D eigenvalue weighted by atomic mass is 10.1. The molecule has 0 bridgehead atoms. The summed E-state index contributed by atoms with van der Waals surface area (Å²) in [7, 11) is 0. The number of rotatable bonds is 3. The highest BCUT2D eigenvalue weighted by atomic mass is 16.5. The molecule has 0 aromatic carbocycles. The quantitative estimate of drug-likeness (QED) is 0.605. The number of aromatic nitrogens is 2. The predicted molar refractivity (Wildman–Crippen MR) is 74.0 cm³/mol. The van der Waals surface area contributed by atoms with E-state index in [9.17, 15) is 0 Å². The Kier molecular flexibility index (Phi) is 4.11. The SMILES string of the molecule is CCN1CCOC(c2nc3c(c(NN)n2)COCC3)C1. The van der Waals surface area contributed by atoms with E-state index < -0.39 is 0 Å². The van der Waals surface area contributed by atoms with Crippen molar-refractivity contribution in [2.24, 2.45) is 5.84 Å². The molecule has 1 aromatic rings. The van der Waals surface area contributed by atoms with E-state index in [1.807, 2.05) is 0 Å². The average Bonchev–Trinajstić information content (AvgIpc) is 2.53. The molecule has 1 atom stereocenters. The molecule has 20 heavy (non-hydrogen) atoms. The van der Waals surface area contributed by atoms with Gasteiger partial charge in [0, 0.05) is 25.1 Å². The van der Waals surface area contributed by atoms with E-state index in [0.717, 1.165) is 43.1 Å². The average molecular weight is 279 g/mol. The summed E-state index contributed by atoms with van der Waals surface area (Å²) in [6.07, 6.45) is 0.716. The highest BCUT2D eigenvalue weighted by molar-refractivity contribution is 5.46. The molecule has 2 aliphatic heterocycles. The summed E-state index contributed by atoms with van der Waals surface area (Å²) < 4.78 is 11.3. The molecule has 2 aliphatic rings. The van der Waals surface area contributed by atoms with Gasteiger partial charge in [0.2, 0.25) is 0 Å². The molecule has 0 radical (unpaired) electrons. The lowest BCUT2D eigenvalue weighted by Crippen LogP contribution is -2.39. The first-order valence-electron chi connectivity index (χ1n) is 7.09. The third-order valence-electron chi connectivity index (χ3n) is 3.86. The largest absolute Gasteiger partial charge is 0.376 e. The van der Waals surface area contributed by atoms with Crippen molar-refractivity contribution in [2.45, 2.75) is 26.1 Å². The summed E-state index contributed by atoms with van der Waals surface area (Å²) in [6, 6.07) is 0. The van der Waals surface area contributed by atoms with Gasteiger partial charge in [-0.05, 0) is 6.54 Å². The van der Waals surface area contributed by atoms with E-state index in [1.165, 1.54) is 0 Å². The molecule has 0 aliphatic carbocycles. The maximum absolute atomic E-state index is 5.82. The summed E-state index contributed by atoms with van der Waals surface area (Å²) >= 11 is 0. The van der Waals surface area contributed by atoms with E-state index in [0.29, 0.717) is 25.6 Å². The molecular formula is C13H21N5O2. The van der Waals surface area contributed by atoms with Crippen LogP contribution >= 0.6 is 0 Å². The van der Waals surface area contributed by atoms with Crippen LogP contribution in [0.1, 0.15) is 30.1 Å². The predicted octanol–water partition coefficient (Wildman–Crippen LogP) is 0.228. The van der Waals surface area contributed by atoms with E-state index in [-0.39, 0.29) is 6.10 Å². The summed E-state index contributed by atoms with van der Waals surface area (Å²) in [6.45, 7) is 6.89. The van der Waals surface area contributed by atoms with Crippen molar-refractivity contribution < 1.29 is 9.47 Å². The van der Waals surface area contributed by atoms with Gasteiger partial charge in [-0.2, -0.15) is 0 Å². The van der Waals surface area contributed by atoms with Gasteiger partial charge in [0.15, 0.2) is 5.82 Å². The molecular weight excluding hydrogens is 258 g/mol. The minimum Gasteiger partial charge on any atom is -0.376 e. The van der Waals surface area contributed by atoms with Crippen molar-refractivity contribution in [3.8, 4) is 0 Å². The van der Waals surface area contributed by atoms with E-state index in [4.69, 9.17) is 15.3 Å². The number of hydrazine groups is 1.